The molecule has 0 aromatic heterocycles. The number of rotatable bonds is 5. The normalized spacial score (nSPS) is 22.5. The molecule has 1 aliphatic rings. The molecule has 1 aliphatic heterocycles. The van der Waals surface area contributed by atoms with Gasteiger partial charge in [-0.25, -0.2) is 4.79 Å². The standard InChI is InChI=1S/C12H20O4/c1-12(2,7-6-10(13)14)9-16-11-5-3-4-8-15-11/h6-7,11H,3-5,8-9H2,1-2H3,(H,13,14)/b7-6+. The Morgan fingerprint density at radius 1 is 1.56 bits per heavy atom. The van der Waals surface area contributed by atoms with Gasteiger partial charge in [0.05, 0.1) is 6.61 Å². The van der Waals surface area contributed by atoms with E-state index in [1.807, 2.05) is 13.8 Å². The fourth-order valence-electron chi connectivity index (χ4n) is 1.50. The number of hydrogen-bond acceptors (Lipinski definition) is 3. The van der Waals surface area contributed by atoms with Crippen molar-refractivity contribution in [2.75, 3.05) is 13.2 Å². The molecular formula is C12H20O4. The van der Waals surface area contributed by atoms with Crippen LogP contribution in [0.3, 0.4) is 0 Å². The van der Waals surface area contributed by atoms with Gasteiger partial charge >= 0.3 is 5.97 Å². The van der Waals surface area contributed by atoms with Crippen LogP contribution in [0.25, 0.3) is 0 Å². The fraction of sp³-hybridized carbons (Fsp3) is 0.750. The van der Waals surface area contributed by atoms with Crippen molar-refractivity contribution in [3.63, 3.8) is 0 Å². The van der Waals surface area contributed by atoms with Crippen LogP contribution in [0, 0.1) is 5.41 Å². The summed E-state index contributed by atoms with van der Waals surface area (Å²) in [6.07, 6.45) is 5.85. The average molecular weight is 228 g/mol. The second-order valence-corrected chi connectivity index (χ2v) is 4.77. The summed E-state index contributed by atoms with van der Waals surface area (Å²) in [7, 11) is 0. The summed E-state index contributed by atoms with van der Waals surface area (Å²) in [5, 5.41) is 8.54. The highest BCUT2D eigenvalue weighted by Crippen LogP contribution is 2.21. The highest BCUT2D eigenvalue weighted by atomic mass is 16.7. The van der Waals surface area contributed by atoms with E-state index in [-0.39, 0.29) is 11.7 Å². The molecule has 16 heavy (non-hydrogen) atoms. The van der Waals surface area contributed by atoms with Crippen LogP contribution >= 0.6 is 0 Å². The summed E-state index contributed by atoms with van der Waals surface area (Å²) in [6.45, 7) is 5.11. The molecule has 0 radical (unpaired) electrons. The topological polar surface area (TPSA) is 55.8 Å². The summed E-state index contributed by atoms with van der Waals surface area (Å²) in [5.74, 6) is -0.929. The van der Waals surface area contributed by atoms with E-state index in [0.29, 0.717) is 6.61 Å². The van der Waals surface area contributed by atoms with E-state index in [1.54, 1.807) is 6.08 Å². The van der Waals surface area contributed by atoms with E-state index in [4.69, 9.17) is 14.6 Å². The molecule has 1 unspecified atom stereocenters. The smallest absolute Gasteiger partial charge is 0.327 e. The lowest BCUT2D eigenvalue weighted by Crippen LogP contribution is -2.27. The molecule has 0 amide bonds. The van der Waals surface area contributed by atoms with Gasteiger partial charge in [0.2, 0.25) is 0 Å². The first-order chi connectivity index (χ1) is 7.49. The van der Waals surface area contributed by atoms with Crippen LogP contribution in [0.15, 0.2) is 12.2 Å². The van der Waals surface area contributed by atoms with Gasteiger partial charge in [0.1, 0.15) is 0 Å². The summed E-state index contributed by atoms with van der Waals surface area (Å²) >= 11 is 0. The fourth-order valence-corrected chi connectivity index (χ4v) is 1.50. The predicted molar refractivity (Wildman–Crippen MR) is 60.1 cm³/mol. The lowest BCUT2D eigenvalue weighted by molar-refractivity contribution is -0.172. The second-order valence-electron chi connectivity index (χ2n) is 4.77. The maximum absolute atomic E-state index is 10.4. The van der Waals surface area contributed by atoms with Crippen LogP contribution in [-0.2, 0) is 14.3 Å². The zero-order valence-electron chi connectivity index (χ0n) is 9.94. The van der Waals surface area contributed by atoms with E-state index in [9.17, 15) is 4.79 Å². The Morgan fingerprint density at radius 2 is 2.31 bits per heavy atom. The molecule has 1 atom stereocenters. The zero-order valence-corrected chi connectivity index (χ0v) is 9.94. The van der Waals surface area contributed by atoms with Crippen molar-refractivity contribution in [1.82, 2.24) is 0 Å². The second kappa shape index (κ2) is 6.01. The zero-order chi connectivity index (χ0) is 12.0. The third kappa shape index (κ3) is 5.28. The Labute approximate surface area is 96.2 Å². The van der Waals surface area contributed by atoms with Gasteiger partial charge in [-0.3, -0.25) is 0 Å². The number of carboxylic acids is 1. The third-order valence-electron chi connectivity index (χ3n) is 2.46. The van der Waals surface area contributed by atoms with Crippen molar-refractivity contribution in [1.29, 1.82) is 0 Å². The predicted octanol–water partition coefficient (Wildman–Crippen LogP) is 2.20. The Hall–Kier alpha value is -0.870. The summed E-state index contributed by atoms with van der Waals surface area (Å²) in [4.78, 5) is 10.4. The van der Waals surface area contributed by atoms with Crippen molar-refractivity contribution in [2.24, 2.45) is 5.41 Å². The van der Waals surface area contributed by atoms with Gasteiger partial charge in [-0.1, -0.05) is 19.9 Å². The Kier molecular flexibility index (Phi) is 4.96. The lowest BCUT2D eigenvalue weighted by atomic mass is 9.94. The van der Waals surface area contributed by atoms with Crippen molar-refractivity contribution in [3.05, 3.63) is 12.2 Å². The Morgan fingerprint density at radius 3 is 2.88 bits per heavy atom. The molecule has 0 aromatic carbocycles. The molecule has 1 N–H and O–H groups in total. The van der Waals surface area contributed by atoms with Crippen LogP contribution in [0.5, 0.6) is 0 Å². The highest BCUT2D eigenvalue weighted by molar-refractivity contribution is 5.79. The van der Waals surface area contributed by atoms with Gasteiger partial charge in [0.15, 0.2) is 6.29 Å². The molecule has 0 bridgehead atoms. The number of aliphatic carboxylic acids is 1. The minimum atomic E-state index is -0.929. The van der Waals surface area contributed by atoms with Gasteiger partial charge in [0.25, 0.3) is 0 Å². The van der Waals surface area contributed by atoms with Crippen molar-refractivity contribution in [3.8, 4) is 0 Å². The maximum Gasteiger partial charge on any atom is 0.327 e. The van der Waals surface area contributed by atoms with Crippen molar-refractivity contribution in [2.45, 2.75) is 39.4 Å². The minimum Gasteiger partial charge on any atom is -0.478 e. The van der Waals surface area contributed by atoms with Crippen LogP contribution in [0.2, 0.25) is 0 Å². The number of carboxylic acid groups (broad SMARTS) is 1. The molecule has 1 rings (SSSR count). The maximum atomic E-state index is 10.4. The van der Waals surface area contributed by atoms with E-state index in [2.05, 4.69) is 0 Å². The molecule has 1 heterocycles. The molecule has 0 spiro atoms. The summed E-state index contributed by atoms with van der Waals surface area (Å²) in [6, 6.07) is 0. The van der Waals surface area contributed by atoms with E-state index < -0.39 is 5.97 Å². The van der Waals surface area contributed by atoms with Gasteiger partial charge in [-0.05, 0) is 19.3 Å². The summed E-state index contributed by atoms with van der Waals surface area (Å²) < 4.78 is 11.0. The van der Waals surface area contributed by atoms with Gasteiger partial charge in [-0.2, -0.15) is 0 Å². The van der Waals surface area contributed by atoms with Crippen LogP contribution in [-0.4, -0.2) is 30.6 Å². The molecule has 92 valence electrons. The van der Waals surface area contributed by atoms with Gasteiger partial charge in [0, 0.05) is 18.1 Å². The first-order valence-corrected chi connectivity index (χ1v) is 5.65. The minimum absolute atomic E-state index is 0.119. The third-order valence-corrected chi connectivity index (χ3v) is 2.46. The molecule has 1 saturated heterocycles. The molecule has 0 aliphatic carbocycles. The monoisotopic (exact) mass is 228 g/mol. The average Bonchev–Trinajstić information content (AvgIpc) is 2.26. The van der Waals surface area contributed by atoms with Crippen LogP contribution in [0.1, 0.15) is 33.1 Å². The summed E-state index contributed by atoms with van der Waals surface area (Å²) in [5.41, 5.74) is -0.279. The van der Waals surface area contributed by atoms with Crippen LogP contribution in [0.4, 0.5) is 0 Å². The van der Waals surface area contributed by atoms with E-state index in [1.165, 1.54) is 0 Å². The molecule has 1 fully saturated rings. The van der Waals surface area contributed by atoms with E-state index in [0.717, 1.165) is 31.9 Å². The Bertz CT molecular complexity index is 252. The van der Waals surface area contributed by atoms with Crippen LogP contribution < -0.4 is 0 Å². The quantitative estimate of drug-likeness (QED) is 0.733. The highest BCUT2D eigenvalue weighted by Gasteiger charge is 2.20. The van der Waals surface area contributed by atoms with Gasteiger partial charge in [-0.15, -0.1) is 0 Å². The molecule has 4 heteroatoms. The molecular weight excluding hydrogens is 208 g/mol. The number of ether oxygens (including phenoxy) is 2. The van der Waals surface area contributed by atoms with Gasteiger partial charge < -0.3 is 14.6 Å². The van der Waals surface area contributed by atoms with Crippen molar-refractivity contribution >= 4 is 5.97 Å². The van der Waals surface area contributed by atoms with E-state index >= 15 is 0 Å². The molecule has 0 aromatic rings. The lowest BCUT2D eigenvalue weighted by Gasteiger charge is -2.27. The first kappa shape index (κ1) is 13.2. The SMILES string of the molecule is CC(C)(/C=C/C(=O)O)COC1CCCCO1. The molecule has 4 nitrogen and oxygen atoms in total. The Balaban J connectivity index is 2.31. The first-order valence-electron chi connectivity index (χ1n) is 5.65. The largest absolute Gasteiger partial charge is 0.478 e. The van der Waals surface area contributed by atoms with Crippen molar-refractivity contribution < 1.29 is 19.4 Å². The molecule has 0 saturated carbocycles. The number of hydrogen-bond donors (Lipinski definition) is 1. The number of carbonyl (C=O) groups is 1.